The van der Waals surface area contributed by atoms with Gasteiger partial charge in [0.15, 0.2) is 0 Å². The zero-order valence-corrected chi connectivity index (χ0v) is 11.9. The highest BCUT2D eigenvalue weighted by atomic mass is 35.5. The first-order valence-corrected chi connectivity index (χ1v) is 6.42. The SMILES string of the molecule is O=[N+]([O-])c1ccc([O-])c(C=Nc2cc(C(F)(F)F)ccc2Cl)c1. The Labute approximate surface area is 132 Å². The van der Waals surface area contributed by atoms with Crippen LogP contribution in [0.5, 0.6) is 5.75 Å². The zero-order chi connectivity index (χ0) is 17.2. The van der Waals surface area contributed by atoms with E-state index in [1.54, 1.807) is 0 Å². The molecular weight excluding hydrogens is 337 g/mol. The fourth-order valence-corrected chi connectivity index (χ4v) is 1.84. The Kier molecular flexibility index (Phi) is 4.55. The van der Waals surface area contributed by atoms with Crippen LogP contribution in [0.25, 0.3) is 0 Å². The van der Waals surface area contributed by atoms with Crippen LogP contribution >= 0.6 is 11.6 Å². The molecule has 0 aliphatic heterocycles. The molecular formula is C14H7ClF3N2O3-. The summed E-state index contributed by atoms with van der Waals surface area (Å²) in [5.74, 6) is -0.553. The van der Waals surface area contributed by atoms with Crippen LogP contribution in [0.1, 0.15) is 11.1 Å². The zero-order valence-electron chi connectivity index (χ0n) is 11.2. The second-order valence-electron chi connectivity index (χ2n) is 4.40. The molecule has 0 amide bonds. The summed E-state index contributed by atoms with van der Waals surface area (Å²) in [6, 6.07) is 5.54. The highest BCUT2D eigenvalue weighted by Crippen LogP contribution is 2.35. The fraction of sp³-hybridized carbons (Fsp3) is 0.0714. The first kappa shape index (κ1) is 16.8. The van der Waals surface area contributed by atoms with Crippen molar-refractivity contribution in [3.05, 3.63) is 62.7 Å². The smallest absolute Gasteiger partial charge is 0.416 e. The largest absolute Gasteiger partial charge is 0.872 e. The van der Waals surface area contributed by atoms with Gasteiger partial charge in [-0.3, -0.25) is 15.1 Å². The summed E-state index contributed by atoms with van der Waals surface area (Å²) >= 11 is 5.77. The summed E-state index contributed by atoms with van der Waals surface area (Å²) in [6.45, 7) is 0. The minimum absolute atomic E-state index is 0.0490. The Morgan fingerprint density at radius 3 is 2.48 bits per heavy atom. The highest BCUT2D eigenvalue weighted by Gasteiger charge is 2.30. The van der Waals surface area contributed by atoms with Crippen LogP contribution in [-0.4, -0.2) is 11.1 Å². The third-order valence-corrected chi connectivity index (χ3v) is 3.14. The van der Waals surface area contributed by atoms with E-state index in [1.165, 1.54) is 0 Å². The van der Waals surface area contributed by atoms with Crippen molar-refractivity contribution in [3.63, 3.8) is 0 Å². The molecule has 0 saturated heterocycles. The standard InChI is InChI=1S/C14H8ClF3N2O3/c15-11-3-1-9(14(16,17)18)6-12(11)19-7-8-5-10(20(22)23)2-4-13(8)21/h1-7,21H/p-1. The number of non-ortho nitro benzene ring substituents is 1. The molecule has 0 aliphatic rings. The molecule has 0 unspecified atom stereocenters. The summed E-state index contributed by atoms with van der Waals surface area (Å²) in [6.07, 6.45) is -3.62. The number of halogens is 4. The minimum atomic E-state index is -4.57. The Morgan fingerprint density at radius 1 is 1.17 bits per heavy atom. The van der Waals surface area contributed by atoms with Crippen molar-refractivity contribution in [1.82, 2.24) is 0 Å². The van der Waals surface area contributed by atoms with Gasteiger partial charge < -0.3 is 5.11 Å². The molecule has 5 nitrogen and oxygen atoms in total. The van der Waals surface area contributed by atoms with Gasteiger partial charge in [-0.25, -0.2) is 0 Å². The molecule has 2 rings (SSSR count). The van der Waals surface area contributed by atoms with Crippen molar-refractivity contribution >= 4 is 29.2 Å². The predicted octanol–water partition coefficient (Wildman–Crippen LogP) is 4.09. The van der Waals surface area contributed by atoms with E-state index in [1.807, 2.05) is 0 Å². The molecule has 0 saturated carbocycles. The van der Waals surface area contributed by atoms with Gasteiger partial charge in [-0.2, -0.15) is 13.2 Å². The van der Waals surface area contributed by atoms with E-state index in [-0.39, 0.29) is 22.0 Å². The van der Waals surface area contributed by atoms with Gasteiger partial charge in [-0.1, -0.05) is 23.4 Å². The molecule has 0 aromatic heterocycles. The number of aliphatic imine (C=N–C) groups is 1. The van der Waals surface area contributed by atoms with Crippen molar-refractivity contribution in [1.29, 1.82) is 0 Å². The average molecular weight is 344 g/mol. The molecule has 0 radical (unpaired) electrons. The monoisotopic (exact) mass is 343 g/mol. The summed E-state index contributed by atoms with van der Waals surface area (Å²) in [4.78, 5) is 13.7. The van der Waals surface area contributed by atoms with E-state index in [2.05, 4.69) is 4.99 Å². The van der Waals surface area contributed by atoms with Crippen LogP contribution in [0, 0.1) is 10.1 Å². The third-order valence-electron chi connectivity index (χ3n) is 2.82. The molecule has 2 aromatic carbocycles. The molecule has 120 valence electrons. The molecule has 0 heterocycles. The van der Waals surface area contributed by atoms with Crippen LogP contribution in [0.2, 0.25) is 5.02 Å². The lowest BCUT2D eigenvalue weighted by Crippen LogP contribution is -2.04. The molecule has 23 heavy (non-hydrogen) atoms. The van der Waals surface area contributed by atoms with Crippen molar-refractivity contribution in [3.8, 4) is 5.75 Å². The highest BCUT2D eigenvalue weighted by molar-refractivity contribution is 6.33. The van der Waals surface area contributed by atoms with E-state index in [0.717, 1.165) is 42.6 Å². The summed E-state index contributed by atoms with van der Waals surface area (Å²) < 4.78 is 37.9. The first-order valence-electron chi connectivity index (χ1n) is 6.05. The molecule has 0 N–H and O–H groups in total. The molecule has 0 atom stereocenters. The maximum atomic E-state index is 12.6. The average Bonchev–Trinajstić information content (AvgIpc) is 2.46. The van der Waals surface area contributed by atoms with E-state index < -0.39 is 22.4 Å². The minimum Gasteiger partial charge on any atom is -0.872 e. The van der Waals surface area contributed by atoms with Crippen LogP contribution in [-0.2, 0) is 6.18 Å². The number of alkyl halides is 3. The fourth-order valence-electron chi connectivity index (χ4n) is 1.68. The number of nitrogens with zero attached hydrogens (tertiary/aromatic N) is 2. The number of nitro benzene ring substituents is 1. The number of hydrogen-bond acceptors (Lipinski definition) is 4. The maximum absolute atomic E-state index is 12.6. The van der Waals surface area contributed by atoms with Crippen LogP contribution < -0.4 is 5.11 Å². The Balaban J connectivity index is 2.41. The topological polar surface area (TPSA) is 78.6 Å². The third kappa shape index (κ3) is 3.98. The van der Waals surface area contributed by atoms with Crippen LogP contribution in [0.15, 0.2) is 41.4 Å². The van der Waals surface area contributed by atoms with Crippen LogP contribution in [0.4, 0.5) is 24.5 Å². The van der Waals surface area contributed by atoms with Gasteiger partial charge in [0.1, 0.15) is 0 Å². The van der Waals surface area contributed by atoms with Gasteiger partial charge in [0.2, 0.25) is 0 Å². The second-order valence-corrected chi connectivity index (χ2v) is 4.81. The maximum Gasteiger partial charge on any atom is 0.416 e. The molecule has 0 bridgehead atoms. The Bertz CT molecular complexity index is 791. The lowest BCUT2D eigenvalue weighted by Gasteiger charge is -2.10. The van der Waals surface area contributed by atoms with Gasteiger partial charge in [0.05, 0.1) is 21.2 Å². The molecule has 9 heteroatoms. The molecule has 0 fully saturated rings. The summed E-state index contributed by atoms with van der Waals surface area (Å²) in [5, 5.41) is 22.2. The van der Waals surface area contributed by atoms with Gasteiger partial charge in [0, 0.05) is 18.3 Å². The van der Waals surface area contributed by atoms with Crippen molar-refractivity contribution < 1.29 is 23.2 Å². The van der Waals surface area contributed by atoms with E-state index >= 15 is 0 Å². The van der Waals surface area contributed by atoms with Crippen molar-refractivity contribution in [2.24, 2.45) is 4.99 Å². The van der Waals surface area contributed by atoms with E-state index in [0.29, 0.717) is 0 Å². The summed E-state index contributed by atoms with van der Waals surface area (Å²) in [5.41, 5.74) is -1.61. The van der Waals surface area contributed by atoms with E-state index in [9.17, 15) is 28.4 Å². The van der Waals surface area contributed by atoms with Gasteiger partial charge in [-0.15, -0.1) is 0 Å². The van der Waals surface area contributed by atoms with Gasteiger partial charge >= 0.3 is 6.18 Å². The lowest BCUT2D eigenvalue weighted by atomic mass is 10.2. The van der Waals surface area contributed by atoms with Gasteiger partial charge in [0.25, 0.3) is 5.69 Å². The predicted molar refractivity (Wildman–Crippen MR) is 76.3 cm³/mol. The van der Waals surface area contributed by atoms with Crippen molar-refractivity contribution in [2.75, 3.05) is 0 Å². The summed E-state index contributed by atoms with van der Waals surface area (Å²) in [7, 11) is 0. The number of nitro groups is 1. The first-order chi connectivity index (χ1) is 10.7. The van der Waals surface area contributed by atoms with Crippen LogP contribution in [0.3, 0.4) is 0 Å². The molecule has 0 spiro atoms. The van der Waals surface area contributed by atoms with Crippen molar-refractivity contribution in [2.45, 2.75) is 6.18 Å². The van der Waals surface area contributed by atoms with Gasteiger partial charge in [-0.05, 0) is 23.8 Å². The second kappa shape index (κ2) is 6.25. The van der Waals surface area contributed by atoms with E-state index in [4.69, 9.17) is 11.6 Å². The number of rotatable bonds is 3. The Hall–Kier alpha value is -2.61. The Morgan fingerprint density at radius 2 is 1.87 bits per heavy atom. The molecule has 2 aromatic rings. The lowest BCUT2D eigenvalue weighted by molar-refractivity contribution is -0.385. The molecule has 0 aliphatic carbocycles. The number of hydrogen-bond donors (Lipinski definition) is 0. The number of benzene rings is 2. The normalized spacial score (nSPS) is 11.8. The quantitative estimate of drug-likeness (QED) is 0.478.